The van der Waals surface area contributed by atoms with Gasteiger partial charge in [-0.05, 0) is 17.7 Å². The molecule has 8 nitrogen and oxygen atoms in total. The Morgan fingerprint density at radius 2 is 1.79 bits per heavy atom. The van der Waals surface area contributed by atoms with Gasteiger partial charge in [0.05, 0.1) is 25.8 Å². The lowest BCUT2D eigenvalue weighted by Gasteiger charge is -2.18. The SMILES string of the molecule is CC(=O)Nc1ccc(-c2c(C#N)c(N)[nH]c(=S)c2C#N)cc1.C[NH+]1CCOCC1. The third-order valence-electron chi connectivity index (χ3n) is 4.31. The number of carbonyl (C=O) groups is 1. The first-order valence-corrected chi connectivity index (χ1v) is 9.41. The topological polar surface area (TPSA) is 132 Å². The third kappa shape index (κ3) is 5.87. The van der Waals surface area contributed by atoms with Gasteiger partial charge in [0.1, 0.15) is 41.2 Å². The van der Waals surface area contributed by atoms with Crippen LogP contribution >= 0.6 is 12.2 Å². The van der Waals surface area contributed by atoms with E-state index in [1.54, 1.807) is 29.2 Å². The number of amides is 1. The normalized spacial score (nSPS) is 13.4. The second kappa shape index (κ2) is 10.3. The maximum atomic E-state index is 11.0. The molecule has 1 aromatic heterocycles. The molecule has 1 fully saturated rings. The first-order valence-electron chi connectivity index (χ1n) is 9.00. The second-order valence-corrected chi connectivity index (χ2v) is 6.95. The van der Waals surface area contributed by atoms with Gasteiger partial charge >= 0.3 is 0 Å². The number of hydrogen-bond acceptors (Lipinski definition) is 6. The maximum Gasteiger partial charge on any atom is 0.221 e. The molecule has 0 saturated carbocycles. The van der Waals surface area contributed by atoms with E-state index in [-0.39, 0.29) is 27.5 Å². The Labute approximate surface area is 174 Å². The number of benzene rings is 1. The number of aromatic nitrogens is 1. The minimum atomic E-state index is -0.186. The van der Waals surface area contributed by atoms with Gasteiger partial charge < -0.3 is 25.7 Å². The van der Waals surface area contributed by atoms with Crippen LogP contribution in [0.2, 0.25) is 0 Å². The lowest BCUT2D eigenvalue weighted by molar-refractivity contribution is -0.888. The molecule has 3 rings (SSSR count). The standard InChI is InChI=1S/C15H11N5OS.C5H11NO/c1-8(21)19-10-4-2-9(3-5-10)13-11(6-16)14(18)20-15(22)12(13)7-17;1-6-2-4-7-5-3-6/h2-5H,1H3,(H,19,21)(H3,18,20,22);2-5H2,1H3/p+1. The van der Waals surface area contributed by atoms with Crippen molar-refractivity contribution in [3.63, 3.8) is 0 Å². The van der Waals surface area contributed by atoms with E-state index in [0.29, 0.717) is 16.8 Å². The summed E-state index contributed by atoms with van der Waals surface area (Å²) in [7, 11) is 2.20. The van der Waals surface area contributed by atoms with E-state index in [0.717, 1.165) is 13.2 Å². The van der Waals surface area contributed by atoms with E-state index < -0.39 is 0 Å². The van der Waals surface area contributed by atoms with Crippen LogP contribution in [0.1, 0.15) is 18.1 Å². The molecule has 29 heavy (non-hydrogen) atoms. The van der Waals surface area contributed by atoms with Crippen molar-refractivity contribution >= 4 is 29.6 Å². The van der Waals surface area contributed by atoms with Crippen LogP contribution in [-0.4, -0.2) is 44.2 Å². The molecule has 1 amide bonds. The van der Waals surface area contributed by atoms with E-state index in [9.17, 15) is 15.3 Å². The zero-order valence-corrected chi connectivity index (χ0v) is 17.2. The van der Waals surface area contributed by atoms with Gasteiger partial charge in [0, 0.05) is 18.2 Å². The van der Waals surface area contributed by atoms with Crippen LogP contribution in [0.15, 0.2) is 24.3 Å². The second-order valence-electron chi connectivity index (χ2n) is 6.54. The molecular weight excluding hydrogens is 388 g/mol. The Bertz CT molecular complexity index is 1010. The average Bonchev–Trinajstić information content (AvgIpc) is 2.69. The van der Waals surface area contributed by atoms with E-state index in [1.165, 1.54) is 20.0 Å². The highest BCUT2D eigenvalue weighted by atomic mass is 32.1. The first-order chi connectivity index (χ1) is 13.9. The molecule has 0 atom stereocenters. The summed E-state index contributed by atoms with van der Waals surface area (Å²) in [6, 6.07) is 10.7. The van der Waals surface area contributed by atoms with E-state index in [1.807, 2.05) is 12.1 Å². The van der Waals surface area contributed by atoms with Crippen LogP contribution in [0.3, 0.4) is 0 Å². The van der Waals surface area contributed by atoms with Crippen molar-refractivity contribution in [1.29, 1.82) is 10.5 Å². The van der Waals surface area contributed by atoms with Crippen molar-refractivity contribution in [2.45, 2.75) is 6.92 Å². The van der Waals surface area contributed by atoms with Gasteiger partial charge in [-0.25, -0.2) is 0 Å². The Hall–Kier alpha value is -3.24. The molecule has 0 radical (unpaired) electrons. The fourth-order valence-corrected chi connectivity index (χ4v) is 3.03. The Balaban J connectivity index is 0.000000360. The summed E-state index contributed by atoms with van der Waals surface area (Å²) >= 11 is 5.09. The number of nitrogen functional groups attached to an aromatic ring is 1. The predicted octanol–water partition coefficient (Wildman–Crippen LogP) is 1.23. The number of aromatic amines is 1. The summed E-state index contributed by atoms with van der Waals surface area (Å²) in [6.07, 6.45) is 0. The van der Waals surface area contributed by atoms with Gasteiger partial charge in [0.15, 0.2) is 0 Å². The van der Waals surface area contributed by atoms with Gasteiger partial charge in [-0.1, -0.05) is 24.4 Å². The quantitative estimate of drug-likeness (QED) is 0.550. The van der Waals surface area contributed by atoms with E-state index in [4.69, 9.17) is 22.7 Å². The zero-order valence-electron chi connectivity index (χ0n) is 16.3. The molecule has 150 valence electrons. The minimum Gasteiger partial charge on any atom is -0.384 e. The van der Waals surface area contributed by atoms with Gasteiger partial charge in [-0.3, -0.25) is 4.79 Å². The number of ether oxygens (including phenoxy) is 1. The van der Waals surface area contributed by atoms with Crippen LogP contribution in [0, 0.1) is 27.3 Å². The van der Waals surface area contributed by atoms with Crippen LogP contribution in [0.4, 0.5) is 11.5 Å². The number of H-pyrrole nitrogens is 1. The molecule has 1 aliphatic heterocycles. The summed E-state index contributed by atoms with van der Waals surface area (Å²) in [6.45, 7) is 5.67. The molecular formula is C20H23N6O2S+. The zero-order chi connectivity index (χ0) is 21.4. The average molecular weight is 412 g/mol. The summed E-state index contributed by atoms with van der Waals surface area (Å²) in [5.41, 5.74) is 7.75. The molecule has 1 saturated heterocycles. The molecule has 0 spiro atoms. The highest BCUT2D eigenvalue weighted by Gasteiger charge is 2.16. The van der Waals surface area contributed by atoms with Gasteiger partial charge in [-0.2, -0.15) is 10.5 Å². The molecule has 5 N–H and O–H groups in total. The van der Waals surface area contributed by atoms with Gasteiger partial charge in [0.25, 0.3) is 0 Å². The lowest BCUT2D eigenvalue weighted by atomic mass is 9.97. The smallest absolute Gasteiger partial charge is 0.221 e. The number of rotatable bonds is 2. The number of nitrogens with two attached hydrogens (primary N) is 1. The van der Waals surface area contributed by atoms with Crippen molar-refractivity contribution in [2.24, 2.45) is 0 Å². The Morgan fingerprint density at radius 1 is 1.21 bits per heavy atom. The third-order valence-corrected chi connectivity index (χ3v) is 4.61. The highest BCUT2D eigenvalue weighted by molar-refractivity contribution is 7.71. The maximum absolute atomic E-state index is 11.0. The van der Waals surface area contributed by atoms with Crippen LogP contribution in [-0.2, 0) is 9.53 Å². The largest absolute Gasteiger partial charge is 0.384 e. The van der Waals surface area contributed by atoms with E-state index in [2.05, 4.69) is 17.3 Å². The van der Waals surface area contributed by atoms with Crippen LogP contribution in [0.5, 0.6) is 0 Å². The number of nitriles is 2. The Kier molecular flexibility index (Phi) is 7.87. The van der Waals surface area contributed by atoms with Gasteiger partial charge in [0.2, 0.25) is 5.91 Å². The number of carbonyl (C=O) groups excluding carboxylic acids is 1. The molecule has 9 heteroatoms. The molecule has 0 bridgehead atoms. The highest BCUT2D eigenvalue weighted by Crippen LogP contribution is 2.31. The number of anilines is 2. The first kappa shape index (κ1) is 22.1. The summed E-state index contributed by atoms with van der Waals surface area (Å²) in [5.74, 6) is -0.0676. The molecule has 2 aromatic rings. The molecule has 2 heterocycles. The fraction of sp³-hybridized carbons (Fsp3) is 0.300. The predicted molar refractivity (Wildman–Crippen MR) is 113 cm³/mol. The number of nitrogens with one attached hydrogen (secondary N) is 3. The number of pyridine rings is 1. The van der Waals surface area contributed by atoms with Crippen LogP contribution < -0.4 is 16.0 Å². The van der Waals surface area contributed by atoms with Crippen molar-refractivity contribution < 1.29 is 14.4 Å². The molecule has 0 unspecified atom stereocenters. The lowest BCUT2D eigenvalue weighted by Crippen LogP contribution is -3.11. The monoisotopic (exact) mass is 411 g/mol. The fourth-order valence-electron chi connectivity index (χ4n) is 2.78. The van der Waals surface area contributed by atoms with Crippen molar-refractivity contribution in [1.82, 2.24) is 4.98 Å². The van der Waals surface area contributed by atoms with Crippen molar-refractivity contribution in [3.05, 3.63) is 40.0 Å². The molecule has 1 aliphatic rings. The van der Waals surface area contributed by atoms with E-state index >= 15 is 0 Å². The van der Waals surface area contributed by atoms with Gasteiger partial charge in [-0.15, -0.1) is 0 Å². The number of quaternary nitrogens is 1. The number of hydrogen-bond donors (Lipinski definition) is 4. The summed E-state index contributed by atoms with van der Waals surface area (Å²) < 4.78 is 5.30. The Morgan fingerprint density at radius 3 is 2.24 bits per heavy atom. The molecule has 0 aliphatic carbocycles. The van der Waals surface area contributed by atoms with Crippen molar-refractivity contribution in [2.75, 3.05) is 44.4 Å². The number of likely N-dealkylation sites (N-methyl/N-ethyl adjacent to an activating group) is 1. The number of morpholine rings is 1. The number of nitrogens with zero attached hydrogens (tertiary/aromatic N) is 2. The minimum absolute atomic E-state index is 0.118. The molecule has 1 aromatic carbocycles. The summed E-state index contributed by atoms with van der Waals surface area (Å²) in [5, 5.41) is 21.2. The van der Waals surface area contributed by atoms with Crippen LogP contribution in [0.25, 0.3) is 11.1 Å². The van der Waals surface area contributed by atoms with Crippen molar-refractivity contribution in [3.8, 4) is 23.3 Å². The summed E-state index contributed by atoms with van der Waals surface area (Å²) in [4.78, 5) is 15.3.